The zero-order valence-corrected chi connectivity index (χ0v) is 9.83. The molecule has 0 unspecified atom stereocenters. The molecule has 0 fully saturated rings. The average molecular weight is 213 g/mol. The minimum atomic E-state index is -1.16. The first-order chi connectivity index (χ1) is 6.75. The smallest absolute Gasteiger partial charge is 0.326 e. The lowest BCUT2D eigenvalue weighted by atomic mass is 9.87. The molecule has 0 bridgehead atoms. The van der Waals surface area contributed by atoms with Crippen LogP contribution in [0.2, 0.25) is 0 Å². The van der Waals surface area contributed by atoms with E-state index in [1.54, 1.807) is 20.8 Å². The van der Waals surface area contributed by atoms with E-state index in [4.69, 9.17) is 15.1 Å². The van der Waals surface area contributed by atoms with Crippen LogP contribution < -0.4 is 0 Å². The van der Waals surface area contributed by atoms with Crippen molar-refractivity contribution in [3.63, 3.8) is 0 Å². The number of ether oxygens (including phenoxy) is 1. The maximum Gasteiger partial charge on any atom is 0.326 e. The summed E-state index contributed by atoms with van der Waals surface area (Å²) in [7, 11) is 0. The molecule has 0 aliphatic carbocycles. The van der Waals surface area contributed by atoms with Gasteiger partial charge in [0.15, 0.2) is 5.41 Å². The summed E-state index contributed by atoms with van der Waals surface area (Å²) in [4.78, 5) is 11.7. The average Bonchev–Trinajstić information content (AvgIpc) is 2.11. The maximum atomic E-state index is 11.7. The Kier molecular flexibility index (Phi) is 4.76. The molecule has 1 N–H and O–H groups in total. The number of aliphatic hydroxyl groups excluding tert-OH is 1. The minimum absolute atomic E-state index is 0.0277. The molecular weight excluding hydrogens is 194 g/mol. The monoisotopic (exact) mass is 213 g/mol. The molecule has 0 spiro atoms. The van der Waals surface area contributed by atoms with Gasteiger partial charge in [0.2, 0.25) is 0 Å². The minimum Gasteiger partial charge on any atom is -0.459 e. The van der Waals surface area contributed by atoms with Gasteiger partial charge in [0.25, 0.3) is 0 Å². The zero-order valence-electron chi connectivity index (χ0n) is 9.83. The molecule has 1 atom stereocenters. The first-order valence-electron chi connectivity index (χ1n) is 5.01. The van der Waals surface area contributed by atoms with Gasteiger partial charge < -0.3 is 9.84 Å². The van der Waals surface area contributed by atoms with Gasteiger partial charge in [-0.05, 0) is 40.5 Å². The zero-order chi connectivity index (χ0) is 12.1. The van der Waals surface area contributed by atoms with Gasteiger partial charge in [0.1, 0.15) is 5.60 Å². The number of carbonyl (C=O) groups is 1. The van der Waals surface area contributed by atoms with E-state index in [0.717, 1.165) is 0 Å². The van der Waals surface area contributed by atoms with Crippen molar-refractivity contribution in [2.24, 2.45) is 5.41 Å². The number of nitriles is 1. The van der Waals surface area contributed by atoms with Gasteiger partial charge in [-0.25, -0.2) is 0 Å². The second-order valence-corrected chi connectivity index (χ2v) is 4.77. The maximum absolute atomic E-state index is 11.7. The Morgan fingerprint density at radius 2 is 1.93 bits per heavy atom. The summed E-state index contributed by atoms with van der Waals surface area (Å²) >= 11 is 0. The van der Waals surface area contributed by atoms with E-state index in [-0.39, 0.29) is 6.61 Å². The fraction of sp³-hybridized carbons (Fsp3) is 0.818. The summed E-state index contributed by atoms with van der Waals surface area (Å²) in [6.07, 6.45) is 0.734. The third-order valence-corrected chi connectivity index (χ3v) is 1.93. The third kappa shape index (κ3) is 4.80. The second-order valence-electron chi connectivity index (χ2n) is 4.77. The van der Waals surface area contributed by atoms with Crippen molar-refractivity contribution in [3.05, 3.63) is 0 Å². The van der Waals surface area contributed by atoms with Gasteiger partial charge in [0, 0.05) is 6.61 Å². The highest BCUT2D eigenvalue weighted by Crippen LogP contribution is 2.26. The van der Waals surface area contributed by atoms with Gasteiger partial charge >= 0.3 is 5.97 Å². The van der Waals surface area contributed by atoms with Gasteiger partial charge in [-0.15, -0.1) is 0 Å². The van der Waals surface area contributed by atoms with E-state index in [0.29, 0.717) is 12.8 Å². The molecule has 0 aromatic heterocycles. The summed E-state index contributed by atoms with van der Waals surface area (Å²) in [6.45, 7) is 6.79. The van der Waals surface area contributed by atoms with Crippen molar-refractivity contribution in [3.8, 4) is 6.07 Å². The molecule has 0 aliphatic heterocycles. The van der Waals surface area contributed by atoms with Crippen molar-refractivity contribution in [2.45, 2.75) is 46.1 Å². The molecule has 0 heterocycles. The van der Waals surface area contributed by atoms with Crippen molar-refractivity contribution >= 4 is 5.97 Å². The molecule has 86 valence electrons. The SMILES string of the molecule is CC(C)(C)OC(=O)[C@@](C)(C#N)CCCO. The molecule has 0 radical (unpaired) electrons. The number of hydrogen-bond acceptors (Lipinski definition) is 4. The Morgan fingerprint density at radius 1 is 1.40 bits per heavy atom. The number of rotatable bonds is 4. The van der Waals surface area contributed by atoms with E-state index < -0.39 is 17.0 Å². The molecule has 4 nitrogen and oxygen atoms in total. The van der Waals surface area contributed by atoms with E-state index in [1.807, 2.05) is 6.07 Å². The topological polar surface area (TPSA) is 70.3 Å². The van der Waals surface area contributed by atoms with Crippen LogP contribution in [-0.2, 0) is 9.53 Å². The van der Waals surface area contributed by atoms with Crippen LogP contribution >= 0.6 is 0 Å². The Bertz CT molecular complexity index is 262. The lowest BCUT2D eigenvalue weighted by molar-refractivity contribution is -0.163. The quantitative estimate of drug-likeness (QED) is 0.720. The molecular formula is C11H19NO3. The van der Waals surface area contributed by atoms with Crippen LogP contribution in [0.15, 0.2) is 0 Å². The van der Waals surface area contributed by atoms with Crippen LogP contribution in [-0.4, -0.2) is 23.3 Å². The van der Waals surface area contributed by atoms with Crippen molar-refractivity contribution in [1.29, 1.82) is 5.26 Å². The van der Waals surface area contributed by atoms with Crippen molar-refractivity contribution in [2.75, 3.05) is 6.61 Å². The third-order valence-electron chi connectivity index (χ3n) is 1.93. The molecule has 15 heavy (non-hydrogen) atoms. The second kappa shape index (κ2) is 5.13. The van der Waals surface area contributed by atoms with Crippen LogP contribution in [0.5, 0.6) is 0 Å². The predicted molar refractivity (Wildman–Crippen MR) is 55.9 cm³/mol. The van der Waals surface area contributed by atoms with Crippen molar-refractivity contribution in [1.82, 2.24) is 0 Å². The highest BCUT2D eigenvalue weighted by molar-refractivity contribution is 5.79. The highest BCUT2D eigenvalue weighted by atomic mass is 16.6. The fourth-order valence-electron chi connectivity index (χ4n) is 1.03. The lowest BCUT2D eigenvalue weighted by Crippen LogP contribution is -2.35. The van der Waals surface area contributed by atoms with Crippen LogP contribution in [0.1, 0.15) is 40.5 Å². The number of hydrogen-bond donors (Lipinski definition) is 1. The fourth-order valence-corrected chi connectivity index (χ4v) is 1.03. The van der Waals surface area contributed by atoms with E-state index in [1.165, 1.54) is 6.92 Å². The van der Waals surface area contributed by atoms with E-state index in [2.05, 4.69) is 0 Å². The van der Waals surface area contributed by atoms with Crippen LogP contribution in [0.4, 0.5) is 0 Å². The van der Waals surface area contributed by atoms with Crippen LogP contribution in [0.25, 0.3) is 0 Å². The van der Waals surface area contributed by atoms with E-state index >= 15 is 0 Å². The summed E-state index contributed by atoms with van der Waals surface area (Å²) in [5.41, 5.74) is -1.75. The first-order valence-corrected chi connectivity index (χ1v) is 5.01. The Balaban J connectivity index is 4.54. The van der Waals surface area contributed by atoms with Crippen LogP contribution in [0, 0.1) is 16.7 Å². The van der Waals surface area contributed by atoms with Gasteiger partial charge in [-0.2, -0.15) is 5.26 Å². The number of esters is 1. The Labute approximate surface area is 90.9 Å². The number of aliphatic hydroxyl groups is 1. The summed E-state index contributed by atoms with van der Waals surface area (Å²) < 4.78 is 5.15. The normalized spacial score (nSPS) is 15.2. The number of nitrogens with zero attached hydrogens (tertiary/aromatic N) is 1. The van der Waals surface area contributed by atoms with Gasteiger partial charge in [0.05, 0.1) is 6.07 Å². The molecule has 4 heteroatoms. The molecule has 0 saturated heterocycles. The van der Waals surface area contributed by atoms with Crippen molar-refractivity contribution < 1.29 is 14.6 Å². The summed E-state index contributed by atoms with van der Waals surface area (Å²) in [5, 5.41) is 17.6. The lowest BCUT2D eigenvalue weighted by Gasteiger charge is -2.26. The standard InChI is InChI=1S/C11H19NO3/c1-10(2,3)15-9(14)11(4,8-12)6-5-7-13/h13H,5-7H2,1-4H3/t11-/m1/s1. The first kappa shape index (κ1) is 13.9. The number of carbonyl (C=O) groups excluding carboxylic acids is 1. The largest absolute Gasteiger partial charge is 0.459 e. The predicted octanol–water partition coefficient (Wildman–Crippen LogP) is 1.63. The summed E-state index contributed by atoms with van der Waals surface area (Å²) in [6, 6.07) is 1.95. The molecule has 0 amide bonds. The van der Waals surface area contributed by atoms with Crippen LogP contribution in [0.3, 0.4) is 0 Å². The molecule has 0 saturated carbocycles. The Morgan fingerprint density at radius 3 is 2.27 bits per heavy atom. The molecule has 0 rings (SSSR count). The molecule has 0 aliphatic rings. The van der Waals surface area contributed by atoms with Gasteiger partial charge in [-0.3, -0.25) is 4.79 Å². The summed E-state index contributed by atoms with van der Waals surface area (Å²) in [5.74, 6) is -0.522. The molecule has 0 aromatic carbocycles. The molecule has 0 aromatic rings. The van der Waals surface area contributed by atoms with E-state index in [9.17, 15) is 4.79 Å². The Hall–Kier alpha value is -1.08. The highest BCUT2D eigenvalue weighted by Gasteiger charge is 2.36. The van der Waals surface area contributed by atoms with Gasteiger partial charge in [-0.1, -0.05) is 0 Å².